The SMILES string of the molecule is COc1cccc(CN2CCC(C(=O)N3CCC(C(O)(c4ccccc4)c4ccccc4)CC3)CC2)c1O. The number of carbonyl (C=O) groups is 1. The number of amides is 1. The molecule has 2 heterocycles. The van der Waals surface area contributed by atoms with Crippen LogP contribution < -0.4 is 4.74 Å². The lowest BCUT2D eigenvalue weighted by molar-refractivity contribution is -0.140. The van der Waals surface area contributed by atoms with Crippen LogP contribution in [0.4, 0.5) is 0 Å². The van der Waals surface area contributed by atoms with Gasteiger partial charge in [-0.2, -0.15) is 0 Å². The third-order valence-corrected chi connectivity index (χ3v) is 8.46. The van der Waals surface area contributed by atoms with Crippen molar-refractivity contribution >= 4 is 5.91 Å². The van der Waals surface area contributed by atoms with Crippen LogP contribution in [0.5, 0.6) is 11.5 Å². The van der Waals surface area contributed by atoms with Gasteiger partial charge in [0.2, 0.25) is 5.91 Å². The Morgan fingerprint density at radius 2 is 1.42 bits per heavy atom. The molecule has 0 saturated carbocycles. The van der Waals surface area contributed by atoms with Crippen molar-refractivity contribution < 1.29 is 19.7 Å². The molecule has 0 aromatic heterocycles. The molecule has 2 aliphatic heterocycles. The van der Waals surface area contributed by atoms with Crippen molar-refractivity contribution in [2.24, 2.45) is 11.8 Å². The summed E-state index contributed by atoms with van der Waals surface area (Å²) in [5.41, 5.74) is 1.59. The fourth-order valence-electron chi connectivity index (χ4n) is 6.24. The molecule has 3 aromatic carbocycles. The van der Waals surface area contributed by atoms with E-state index < -0.39 is 5.60 Å². The fraction of sp³-hybridized carbons (Fsp3) is 0.406. The third-order valence-electron chi connectivity index (χ3n) is 8.46. The highest BCUT2D eigenvalue weighted by atomic mass is 16.5. The normalized spacial score (nSPS) is 17.9. The van der Waals surface area contributed by atoms with Crippen molar-refractivity contribution in [3.8, 4) is 11.5 Å². The van der Waals surface area contributed by atoms with Gasteiger partial charge in [-0.25, -0.2) is 0 Å². The summed E-state index contributed by atoms with van der Waals surface area (Å²) < 4.78 is 5.23. The maximum Gasteiger partial charge on any atom is 0.225 e. The van der Waals surface area contributed by atoms with E-state index in [4.69, 9.17) is 4.74 Å². The molecular weight excluding hydrogens is 476 g/mol. The van der Waals surface area contributed by atoms with Crippen LogP contribution in [0.25, 0.3) is 0 Å². The van der Waals surface area contributed by atoms with Gasteiger partial charge in [0.15, 0.2) is 11.5 Å². The lowest BCUT2D eigenvalue weighted by Crippen LogP contribution is -2.48. The number of aliphatic hydroxyl groups is 1. The number of nitrogens with zero attached hydrogens (tertiary/aromatic N) is 2. The Kier molecular flexibility index (Phi) is 8.01. The first-order valence-electron chi connectivity index (χ1n) is 13.7. The van der Waals surface area contributed by atoms with Crippen LogP contribution in [-0.2, 0) is 16.9 Å². The van der Waals surface area contributed by atoms with Crippen molar-refractivity contribution in [1.29, 1.82) is 0 Å². The van der Waals surface area contributed by atoms with E-state index in [0.29, 0.717) is 25.4 Å². The van der Waals surface area contributed by atoms with Gasteiger partial charge in [-0.15, -0.1) is 0 Å². The quantitative estimate of drug-likeness (QED) is 0.475. The first kappa shape index (κ1) is 26.3. The number of phenolic OH excluding ortho intramolecular Hbond substituents is 1. The first-order chi connectivity index (χ1) is 18.5. The minimum absolute atomic E-state index is 0.0313. The number of rotatable bonds is 7. The summed E-state index contributed by atoms with van der Waals surface area (Å²) in [6.45, 7) is 3.64. The first-order valence-corrected chi connectivity index (χ1v) is 13.7. The molecule has 3 aromatic rings. The van der Waals surface area contributed by atoms with Crippen LogP contribution in [0.2, 0.25) is 0 Å². The number of hydrogen-bond acceptors (Lipinski definition) is 5. The summed E-state index contributed by atoms with van der Waals surface area (Å²) in [5.74, 6) is 0.997. The Morgan fingerprint density at radius 3 is 1.97 bits per heavy atom. The molecule has 38 heavy (non-hydrogen) atoms. The van der Waals surface area contributed by atoms with E-state index in [1.54, 1.807) is 13.2 Å². The van der Waals surface area contributed by atoms with E-state index in [2.05, 4.69) is 4.90 Å². The monoisotopic (exact) mass is 514 g/mol. The van der Waals surface area contributed by atoms with E-state index in [1.165, 1.54) is 0 Å². The summed E-state index contributed by atoms with van der Waals surface area (Å²) in [5, 5.41) is 22.5. The van der Waals surface area contributed by atoms with E-state index >= 15 is 0 Å². The molecule has 2 fully saturated rings. The van der Waals surface area contributed by atoms with E-state index in [-0.39, 0.29) is 23.5 Å². The minimum Gasteiger partial charge on any atom is -0.504 e. The molecule has 0 spiro atoms. The highest BCUT2D eigenvalue weighted by Crippen LogP contribution is 2.42. The van der Waals surface area contributed by atoms with Crippen LogP contribution in [0.15, 0.2) is 78.9 Å². The van der Waals surface area contributed by atoms with Crippen LogP contribution in [0.1, 0.15) is 42.4 Å². The average Bonchev–Trinajstić information content (AvgIpc) is 2.99. The Morgan fingerprint density at radius 1 is 0.842 bits per heavy atom. The predicted molar refractivity (Wildman–Crippen MR) is 148 cm³/mol. The molecule has 2 saturated heterocycles. The number of aromatic hydroxyl groups is 1. The molecule has 0 bridgehead atoms. The summed E-state index contributed by atoms with van der Waals surface area (Å²) >= 11 is 0. The smallest absolute Gasteiger partial charge is 0.225 e. The number of ether oxygens (including phenoxy) is 1. The van der Waals surface area contributed by atoms with Gasteiger partial charge < -0.3 is 19.8 Å². The second kappa shape index (κ2) is 11.6. The number of methoxy groups -OCH3 is 1. The van der Waals surface area contributed by atoms with Crippen molar-refractivity contribution in [3.63, 3.8) is 0 Å². The van der Waals surface area contributed by atoms with Crippen LogP contribution in [0, 0.1) is 11.8 Å². The molecule has 0 aliphatic carbocycles. The molecule has 0 unspecified atom stereocenters. The second-order valence-electron chi connectivity index (χ2n) is 10.6. The van der Waals surface area contributed by atoms with Crippen molar-refractivity contribution in [2.45, 2.75) is 37.8 Å². The molecule has 2 aliphatic rings. The number of likely N-dealkylation sites (tertiary alicyclic amines) is 2. The zero-order valence-corrected chi connectivity index (χ0v) is 22.1. The van der Waals surface area contributed by atoms with Crippen molar-refractivity contribution in [2.75, 3.05) is 33.3 Å². The second-order valence-corrected chi connectivity index (χ2v) is 10.6. The summed E-state index contributed by atoms with van der Waals surface area (Å²) in [6, 6.07) is 25.4. The number of para-hydroxylation sites is 1. The molecule has 0 radical (unpaired) electrons. The highest BCUT2D eigenvalue weighted by Gasteiger charge is 2.42. The topological polar surface area (TPSA) is 73.2 Å². The number of phenols is 1. The molecule has 6 nitrogen and oxygen atoms in total. The van der Waals surface area contributed by atoms with Gasteiger partial charge in [0, 0.05) is 31.1 Å². The maximum atomic E-state index is 13.4. The van der Waals surface area contributed by atoms with E-state index in [0.717, 1.165) is 55.5 Å². The Balaban J connectivity index is 1.19. The van der Waals surface area contributed by atoms with Gasteiger partial charge in [-0.05, 0) is 61.9 Å². The molecule has 2 N–H and O–H groups in total. The molecule has 6 heteroatoms. The number of hydrogen-bond donors (Lipinski definition) is 2. The summed E-state index contributed by atoms with van der Waals surface area (Å²) in [4.78, 5) is 17.8. The van der Waals surface area contributed by atoms with Gasteiger partial charge in [0.25, 0.3) is 0 Å². The predicted octanol–water partition coefficient (Wildman–Crippen LogP) is 4.79. The Labute approximate surface area is 225 Å². The largest absolute Gasteiger partial charge is 0.504 e. The molecule has 200 valence electrons. The van der Waals surface area contributed by atoms with Crippen LogP contribution in [-0.4, -0.2) is 59.2 Å². The maximum absolute atomic E-state index is 13.4. The van der Waals surface area contributed by atoms with Gasteiger partial charge in [0.1, 0.15) is 5.60 Å². The lowest BCUT2D eigenvalue weighted by atomic mass is 9.72. The average molecular weight is 515 g/mol. The van der Waals surface area contributed by atoms with Crippen molar-refractivity contribution in [3.05, 3.63) is 95.6 Å². The number of carbonyl (C=O) groups excluding carboxylic acids is 1. The Bertz CT molecular complexity index is 1160. The van der Waals surface area contributed by atoms with E-state index in [1.807, 2.05) is 77.7 Å². The van der Waals surface area contributed by atoms with E-state index in [9.17, 15) is 15.0 Å². The lowest BCUT2D eigenvalue weighted by Gasteiger charge is -2.43. The molecular formula is C32H38N2O4. The zero-order chi connectivity index (χ0) is 26.5. The van der Waals surface area contributed by atoms with Crippen molar-refractivity contribution in [1.82, 2.24) is 9.80 Å². The van der Waals surface area contributed by atoms with Gasteiger partial charge >= 0.3 is 0 Å². The van der Waals surface area contributed by atoms with Crippen LogP contribution in [0.3, 0.4) is 0 Å². The van der Waals surface area contributed by atoms with Crippen LogP contribution >= 0.6 is 0 Å². The number of benzene rings is 3. The highest BCUT2D eigenvalue weighted by molar-refractivity contribution is 5.79. The number of piperidine rings is 2. The molecule has 5 rings (SSSR count). The van der Waals surface area contributed by atoms with Gasteiger partial charge in [-0.1, -0.05) is 72.8 Å². The minimum atomic E-state index is -1.07. The molecule has 1 amide bonds. The van der Waals surface area contributed by atoms with Gasteiger partial charge in [-0.3, -0.25) is 9.69 Å². The zero-order valence-electron chi connectivity index (χ0n) is 22.1. The molecule has 0 atom stereocenters. The Hall–Kier alpha value is -3.35. The van der Waals surface area contributed by atoms with Gasteiger partial charge in [0.05, 0.1) is 7.11 Å². The standard InChI is InChI=1S/C32H38N2O4/c1-38-29-14-8-9-25(30(29)35)23-33-19-15-24(16-20-33)31(36)34-21-17-28(18-22-34)32(37,26-10-4-2-5-11-26)27-12-6-3-7-13-27/h2-14,24,28,35,37H,15-23H2,1H3. The summed E-state index contributed by atoms with van der Waals surface area (Å²) in [7, 11) is 1.56. The third kappa shape index (κ3) is 5.29. The summed E-state index contributed by atoms with van der Waals surface area (Å²) in [6.07, 6.45) is 3.17. The fourth-order valence-corrected chi connectivity index (χ4v) is 6.24.